The second-order valence-electron chi connectivity index (χ2n) is 1.62. The van der Waals surface area contributed by atoms with E-state index < -0.39 is 14.2 Å². The van der Waals surface area contributed by atoms with Crippen molar-refractivity contribution in [1.82, 2.24) is 0 Å². The van der Waals surface area contributed by atoms with Crippen molar-refractivity contribution in [3.63, 3.8) is 0 Å². The Kier molecular flexibility index (Phi) is 4.42. The lowest BCUT2D eigenvalue weighted by molar-refractivity contribution is 0.212. The summed E-state index contributed by atoms with van der Waals surface area (Å²) >= 11 is 0. The van der Waals surface area contributed by atoms with Gasteiger partial charge in [0.05, 0.1) is 6.26 Å². The number of hydrogen-bond donors (Lipinski definition) is 0. The van der Waals surface area contributed by atoms with Gasteiger partial charge in [0, 0.05) is 0 Å². The first-order valence-electron chi connectivity index (χ1n) is 2.53. The first-order chi connectivity index (χ1) is 4.66. The largest absolute Gasteiger partial charge is 0.426 e. The minimum absolute atomic E-state index is 0.636. The van der Waals surface area contributed by atoms with Crippen LogP contribution in [0.15, 0.2) is 24.5 Å². The average molecular weight is 158 g/mol. The van der Waals surface area contributed by atoms with Crippen molar-refractivity contribution >= 4 is 14.2 Å². The summed E-state index contributed by atoms with van der Waals surface area (Å²) < 4.78 is 14.0. The molecule has 0 fully saturated rings. The van der Waals surface area contributed by atoms with E-state index in [4.69, 9.17) is 0 Å². The monoisotopic (exact) mass is 158 g/mol. The Morgan fingerprint density at radius 3 is 2.70 bits per heavy atom. The lowest BCUT2D eigenvalue weighted by Crippen LogP contribution is -1.82. The third kappa shape index (κ3) is 5.19. The van der Waals surface area contributed by atoms with Gasteiger partial charge in [0.25, 0.3) is 8.46 Å². The Labute approximate surface area is 60.6 Å². The van der Waals surface area contributed by atoms with Crippen LogP contribution in [0.25, 0.3) is 0 Å². The minimum atomic E-state index is -0.808. The average Bonchev–Trinajstić information content (AvgIpc) is 1.87. The fraction of sp³-hybridized carbons (Fsp3) is 0.167. The molecule has 10 heavy (non-hydrogen) atoms. The van der Waals surface area contributed by atoms with Gasteiger partial charge in [-0.1, -0.05) is 12.2 Å². The zero-order valence-corrected chi connectivity index (χ0v) is 6.43. The highest BCUT2D eigenvalue weighted by atomic mass is 31.1. The molecule has 0 aliphatic carbocycles. The van der Waals surface area contributed by atoms with E-state index in [0.29, 0.717) is 0 Å². The molecule has 0 N–H and O–H groups in total. The number of hydrogen-bond acceptors (Lipinski definition) is 3. The van der Waals surface area contributed by atoms with Gasteiger partial charge >= 0.3 is 5.71 Å². The summed E-state index contributed by atoms with van der Waals surface area (Å²) in [6.45, 7) is 5.27. The predicted octanol–water partition coefficient (Wildman–Crippen LogP) is 2.50. The van der Waals surface area contributed by atoms with Crippen molar-refractivity contribution in [3.05, 3.63) is 24.5 Å². The number of carbonyl (C=O) groups excluding carboxylic acids is 1. The van der Waals surface area contributed by atoms with Crippen molar-refractivity contribution in [3.8, 4) is 0 Å². The fourth-order valence-electron chi connectivity index (χ4n) is 0.230. The van der Waals surface area contributed by atoms with E-state index in [-0.39, 0.29) is 0 Å². The van der Waals surface area contributed by atoms with E-state index >= 15 is 0 Å². The predicted molar refractivity (Wildman–Crippen MR) is 38.0 cm³/mol. The summed E-state index contributed by atoms with van der Waals surface area (Å²) in [5, 5.41) is 0. The number of allylic oxidation sites excluding steroid dienone is 2. The zero-order valence-electron chi connectivity index (χ0n) is 5.53. The van der Waals surface area contributed by atoms with E-state index in [9.17, 15) is 9.36 Å². The van der Waals surface area contributed by atoms with Crippen LogP contribution < -0.4 is 0 Å². The molecule has 0 aromatic rings. The maximum atomic E-state index is 10.2. The van der Waals surface area contributed by atoms with Gasteiger partial charge < -0.3 is 4.74 Å². The number of ether oxygens (including phenoxy) is 1. The molecule has 0 bridgehead atoms. The molecule has 0 aromatic heterocycles. The van der Waals surface area contributed by atoms with Crippen LogP contribution in [-0.2, 0) is 9.30 Å². The van der Waals surface area contributed by atoms with Crippen LogP contribution in [0.5, 0.6) is 0 Å². The number of rotatable bonds is 3. The summed E-state index contributed by atoms with van der Waals surface area (Å²) in [6.07, 6.45) is 2.65. The van der Waals surface area contributed by atoms with Crippen LogP contribution in [0.3, 0.4) is 0 Å². The zero-order chi connectivity index (χ0) is 7.98. The molecule has 0 radical (unpaired) electrons. The van der Waals surface area contributed by atoms with Crippen molar-refractivity contribution in [2.45, 2.75) is 6.92 Å². The minimum Gasteiger partial charge on any atom is -0.426 e. The molecule has 0 rings (SSSR count). The van der Waals surface area contributed by atoms with Gasteiger partial charge in [-0.25, -0.2) is 4.79 Å². The Balaban J connectivity index is 3.63. The second kappa shape index (κ2) is 4.89. The molecule has 0 saturated heterocycles. The molecule has 0 aliphatic heterocycles. The van der Waals surface area contributed by atoms with Gasteiger partial charge in [-0.15, -0.1) is 0 Å². The second-order valence-corrected chi connectivity index (χ2v) is 2.17. The van der Waals surface area contributed by atoms with Crippen LogP contribution in [0.1, 0.15) is 6.92 Å². The van der Waals surface area contributed by atoms with Crippen molar-refractivity contribution in [1.29, 1.82) is 0 Å². The van der Waals surface area contributed by atoms with Gasteiger partial charge in [-0.2, -0.15) is 0 Å². The number of carbonyl (C=O) groups is 1. The molecule has 0 saturated carbocycles. The lowest BCUT2D eigenvalue weighted by atomic mass is 10.4. The smallest absolute Gasteiger partial charge is 0.403 e. The van der Waals surface area contributed by atoms with E-state index in [0.717, 1.165) is 11.8 Å². The van der Waals surface area contributed by atoms with E-state index in [2.05, 4.69) is 11.3 Å². The molecule has 0 heterocycles. The highest BCUT2D eigenvalue weighted by Gasteiger charge is 1.94. The topological polar surface area (TPSA) is 43.4 Å². The summed E-state index contributed by atoms with van der Waals surface area (Å²) in [6, 6.07) is 0. The molecule has 3 nitrogen and oxygen atoms in total. The molecule has 0 unspecified atom stereocenters. The molecule has 54 valence electrons. The first-order valence-corrected chi connectivity index (χ1v) is 3.34. The molecule has 0 atom stereocenters. The third-order valence-electron chi connectivity index (χ3n) is 0.596. The quantitative estimate of drug-likeness (QED) is 0.360. The van der Waals surface area contributed by atoms with Gasteiger partial charge in [0.2, 0.25) is 0 Å². The maximum Gasteiger partial charge on any atom is 0.403 e. The van der Waals surface area contributed by atoms with Crippen LogP contribution in [-0.4, -0.2) is 5.71 Å². The molecule has 4 heteroatoms. The van der Waals surface area contributed by atoms with Crippen molar-refractivity contribution < 1.29 is 14.1 Å². The van der Waals surface area contributed by atoms with E-state index in [1.54, 1.807) is 6.92 Å². The van der Waals surface area contributed by atoms with Crippen LogP contribution in [0, 0.1) is 0 Å². The van der Waals surface area contributed by atoms with Crippen LogP contribution in [0.2, 0.25) is 0 Å². The van der Waals surface area contributed by atoms with Crippen LogP contribution in [0.4, 0.5) is 4.79 Å². The summed E-state index contributed by atoms with van der Waals surface area (Å²) in [4.78, 5) is 10.2. The fourth-order valence-corrected chi connectivity index (χ4v) is 0.334. The molecular weight excluding hydrogens is 151 g/mol. The summed E-state index contributed by atoms with van der Waals surface area (Å²) in [7, 11) is -0.636. The van der Waals surface area contributed by atoms with Crippen molar-refractivity contribution in [2.75, 3.05) is 0 Å². The first kappa shape index (κ1) is 9.05. The summed E-state index contributed by atoms with van der Waals surface area (Å²) in [5.41, 5.74) is -0.0483. The third-order valence-corrected chi connectivity index (χ3v) is 0.850. The Morgan fingerprint density at radius 2 is 2.30 bits per heavy atom. The molecule has 0 aromatic carbocycles. The van der Waals surface area contributed by atoms with E-state index in [1.807, 2.05) is 0 Å². The standard InChI is InChI=1S/C6H7O3P/c1-5(2)3-4-9-6(7)10-8/h3-4H,1H2,2H3. The normalized spacial score (nSPS) is 10.1. The maximum absolute atomic E-state index is 10.2. The lowest BCUT2D eigenvalue weighted by Gasteiger charge is -1.87. The highest BCUT2D eigenvalue weighted by Crippen LogP contribution is 1.99. The molecular formula is C6H7O3P. The van der Waals surface area contributed by atoms with E-state index in [1.165, 1.54) is 6.08 Å². The Morgan fingerprint density at radius 1 is 1.70 bits per heavy atom. The van der Waals surface area contributed by atoms with Gasteiger partial charge in [-0.05, 0) is 13.0 Å². The Hall–Kier alpha value is -0.950. The molecule has 0 aliphatic rings. The highest BCUT2D eigenvalue weighted by molar-refractivity contribution is 7.45. The van der Waals surface area contributed by atoms with Gasteiger partial charge in [0.15, 0.2) is 0 Å². The molecule has 0 amide bonds. The SMILES string of the molecule is C=C(C)C=COC(=O)P=O. The Bertz CT molecular complexity index is 183. The summed E-state index contributed by atoms with van der Waals surface area (Å²) in [5.74, 6) is 0. The molecule has 0 spiro atoms. The van der Waals surface area contributed by atoms with Crippen molar-refractivity contribution in [2.24, 2.45) is 0 Å². The van der Waals surface area contributed by atoms with Gasteiger partial charge in [-0.3, -0.25) is 4.57 Å². The van der Waals surface area contributed by atoms with Gasteiger partial charge in [0.1, 0.15) is 0 Å². The van der Waals surface area contributed by atoms with Crippen LogP contribution >= 0.6 is 8.46 Å².